The molecule has 2 N–H and O–H groups in total. The zero-order valence-electron chi connectivity index (χ0n) is 15.0. The molecule has 0 aromatic heterocycles. The summed E-state index contributed by atoms with van der Waals surface area (Å²) in [6.07, 6.45) is 0.628. The third kappa shape index (κ3) is 5.14. The van der Waals surface area contributed by atoms with Crippen molar-refractivity contribution in [1.29, 1.82) is 0 Å². The van der Waals surface area contributed by atoms with Gasteiger partial charge in [-0.1, -0.05) is 23.7 Å². The zero-order chi connectivity index (χ0) is 19.2. The van der Waals surface area contributed by atoms with Crippen molar-refractivity contribution in [3.63, 3.8) is 0 Å². The standard InChI is InChI=1S/C20H21ClN2O4/c1-13(24)23-12-14-2-4-16(5-3-14)20(25)22-7-6-15-10-17(21)19-18(11-15)26-8-9-27-19/h2-5,10-11H,6-9,12H2,1H3,(H,22,25)(H,23,24). The van der Waals surface area contributed by atoms with Gasteiger partial charge < -0.3 is 20.1 Å². The second-order valence-corrected chi connectivity index (χ2v) is 6.62. The average molecular weight is 389 g/mol. The molecular formula is C20H21ClN2O4. The largest absolute Gasteiger partial charge is 0.486 e. The van der Waals surface area contributed by atoms with Crippen molar-refractivity contribution in [1.82, 2.24) is 10.6 Å². The summed E-state index contributed by atoms with van der Waals surface area (Å²) >= 11 is 6.23. The minimum absolute atomic E-state index is 0.0870. The van der Waals surface area contributed by atoms with E-state index < -0.39 is 0 Å². The predicted molar refractivity (Wildman–Crippen MR) is 102 cm³/mol. The van der Waals surface area contributed by atoms with E-state index in [0.29, 0.717) is 54.8 Å². The van der Waals surface area contributed by atoms with Gasteiger partial charge in [-0.25, -0.2) is 0 Å². The Labute approximate surface area is 162 Å². The van der Waals surface area contributed by atoms with Crippen LogP contribution in [0.25, 0.3) is 0 Å². The van der Waals surface area contributed by atoms with E-state index in [9.17, 15) is 9.59 Å². The third-order valence-electron chi connectivity index (χ3n) is 4.11. The number of hydrogen-bond donors (Lipinski definition) is 2. The first-order chi connectivity index (χ1) is 13.0. The molecule has 0 radical (unpaired) electrons. The normalized spacial score (nSPS) is 12.4. The Morgan fingerprint density at radius 2 is 1.78 bits per heavy atom. The van der Waals surface area contributed by atoms with Crippen LogP contribution in [0.1, 0.15) is 28.4 Å². The van der Waals surface area contributed by atoms with E-state index in [1.807, 2.05) is 24.3 Å². The predicted octanol–water partition coefficient (Wildman–Crippen LogP) is 2.72. The van der Waals surface area contributed by atoms with Crippen LogP contribution in [0.4, 0.5) is 0 Å². The van der Waals surface area contributed by atoms with Gasteiger partial charge in [0.2, 0.25) is 5.91 Å². The molecule has 1 heterocycles. The quantitative estimate of drug-likeness (QED) is 0.797. The summed E-state index contributed by atoms with van der Waals surface area (Å²) in [7, 11) is 0. The first-order valence-electron chi connectivity index (χ1n) is 8.72. The van der Waals surface area contributed by atoms with Crippen LogP contribution in [0, 0.1) is 0 Å². The molecule has 27 heavy (non-hydrogen) atoms. The Kier molecular flexibility index (Phi) is 6.19. The van der Waals surface area contributed by atoms with Gasteiger partial charge in [-0.2, -0.15) is 0 Å². The van der Waals surface area contributed by atoms with Crippen molar-refractivity contribution in [2.24, 2.45) is 0 Å². The molecule has 2 aromatic rings. The zero-order valence-corrected chi connectivity index (χ0v) is 15.8. The molecule has 0 unspecified atom stereocenters. The number of amides is 2. The Balaban J connectivity index is 1.52. The lowest BCUT2D eigenvalue weighted by molar-refractivity contribution is -0.119. The van der Waals surface area contributed by atoms with E-state index in [4.69, 9.17) is 21.1 Å². The molecule has 6 nitrogen and oxygen atoms in total. The molecule has 1 aliphatic rings. The van der Waals surface area contributed by atoms with Crippen molar-refractivity contribution in [3.05, 3.63) is 58.1 Å². The molecule has 1 aliphatic heterocycles. The van der Waals surface area contributed by atoms with Crippen LogP contribution in [0.2, 0.25) is 5.02 Å². The van der Waals surface area contributed by atoms with Gasteiger partial charge in [0, 0.05) is 25.6 Å². The van der Waals surface area contributed by atoms with E-state index in [-0.39, 0.29) is 11.8 Å². The van der Waals surface area contributed by atoms with Gasteiger partial charge in [-0.15, -0.1) is 0 Å². The maximum Gasteiger partial charge on any atom is 0.251 e. The highest BCUT2D eigenvalue weighted by molar-refractivity contribution is 6.32. The molecule has 0 saturated carbocycles. The van der Waals surface area contributed by atoms with Gasteiger partial charge in [-0.3, -0.25) is 9.59 Å². The Morgan fingerprint density at radius 1 is 1.04 bits per heavy atom. The fraction of sp³-hybridized carbons (Fsp3) is 0.300. The van der Waals surface area contributed by atoms with Crippen molar-refractivity contribution < 1.29 is 19.1 Å². The van der Waals surface area contributed by atoms with Gasteiger partial charge in [0.15, 0.2) is 11.5 Å². The van der Waals surface area contributed by atoms with E-state index >= 15 is 0 Å². The van der Waals surface area contributed by atoms with Crippen molar-refractivity contribution in [2.75, 3.05) is 19.8 Å². The van der Waals surface area contributed by atoms with Crippen LogP contribution in [0.3, 0.4) is 0 Å². The maximum atomic E-state index is 12.3. The van der Waals surface area contributed by atoms with Gasteiger partial charge in [0.05, 0.1) is 5.02 Å². The van der Waals surface area contributed by atoms with Gasteiger partial charge in [-0.05, 0) is 41.8 Å². The van der Waals surface area contributed by atoms with E-state index in [2.05, 4.69) is 10.6 Å². The first kappa shape index (κ1) is 19.0. The van der Waals surface area contributed by atoms with Gasteiger partial charge >= 0.3 is 0 Å². The summed E-state index contributed by atoms with van der Waals surface area (Å²) in [5.74, 6) is 0.987. The summed E-state index contributed by atoms with van der Waals surface area (Å²) in [5.41, 5.74) is 2.48. The highest BCUT2D eigenvalue weighted by Gasteiger charge is 2.16. The van der Waals surface area contributed by atoms with Gasteiger partial charge in [0.25, 0.3) is 5.91 Å². The van der Waals surface area contributed by atoms with Crippen LogP contribution in [-0.2, 0) is 17.8 Å². The summed E-state index contributed by atoms with van der Waals surface area (Å²) < 4.78 is 11.1. The summed E-state index contributed by atoms with van der Waals surface area (Å²) in [6.45, 7) is 3.38. The molecular weight excluding hydrogens is 368 g/mol. The lowest BCUT2D eigenvalue weighted by Gasteiger charge is -2.20. The van der Waals surface area contributed by atoms with Crippen LogP contribution < -0.4 is 20.1 Å². The minimum Gasteiger partial charge on any atom is -0.486 e. The summed E-state index contributed by atoms with van der Waals surface area (Å²) in [4.78, 5) is 23.2. The monoisotopic (exact) mass is 388 g/mol. The van der Waals surface area contributed by atoms with Crippen LogP contribution in [0.15, 0.2) is 36.4 Å². The SMILES string of the molecule is CC(=O)NCc1ccc(C(=O)NCCc2cc(Cl)c3c(c2)OCCO3)cc1. The summed E-state index contributed by atoms with van der Waals surface area (Å²) in [5, 5.41) is 6.13. The fourth-order valence-corrected chi connectivity index (χ4v) is 3.02. The lowest BCUT2D eigenvalue weighted by Crippen LogP contribution is -2.26. The second kappa shape index (κ2) is 8.77. The van der Waals surface area contributed by atoms with E-state index in [1.54, 1.807) is 12.1 Å². The molecule has 2 amide bonds. The molecule has 0 atom stereocenters. The third-order valence-corrected chi connectivity index (χ3v) is 4.39. The molecule has 0 aliphatic carbocycles. The molecule has 0 spiro atoms. The fourth-order valence-electron chi connectivity index (χ4n) is 2.73. The highest BCUT2D eigenvalue weighted by atomic mass is 35.5. The first-order valence-corrected chi connectivity index (χ1v) is 9.10. The number of benzene rings is 2. The topological polar surface area (TPSA) is 76.7 Å². The molecule has 2 aromatic carbocycles. The number of carbonyl (C=O) groups is 2. The number of carbonyl (C=O) groups excluding carboxylic acids is 2. The number of fused-ring (bicyclic) bond motifs is 1. The Hall–Kier alpha value is -2.73. The number of nitrogens with one attached hydrogen (secondary N) is 2. The minimum atomic E-state index is -0.148. The molecule has 3 rings (SSSR count). The lowest BCUT2D eigenvalue weighted by atomic mass is 10.1. The van der Waals surface area contributed by atoms with Gasteiger partial charge in [0.1, 0.15) is 13.2 Å². The number of halogens is 1. The number of ether oxygens (including phenoxy) is 2. The van der Waals surface area contributed by atoms with Crippen LogP contribution in [-0.4, -0.2) is 31.6 Å². The molecule has 0 fully saturated rings. The van der Waals surface area contributed by atoms with Crippen LogP contribution in [0.5, 0.6) is 11.5 Å². The number of rotatable bonds is 6. The molecule has 0 bridgehead atoms. The Morgan fingerprint density at radius 3 is 2.52 bits per heavy atom. The van der Waals surface area contributed by atoms with Crippen molar-refractivity contribution in [2.45, 2.75) is 19.9 Å². The van der Waals surface area contributed by atoms with E-state index in [1.165, 1.54) is 6.92 Å². The summed E-state index contributed by atoms with van der Waals surface area (Å²) in [6, 6.07) is 10.9. The van der Waals surface area contributed by atoms with Crippen molar-refractivity contribution in [3.8, 4) is 11.5 Å². The number of hydrogen-bond acceptors (Lipinski definition) is 4. The second-order valence-electron chi connectivity index (χ2n) is 6.21. The Bertz CT molecular complexity index is 837. The highest BCUT2D eigenvalue weighted by Crippen LogP contribution is 2.38. The maximum absolute atomic E-state index is 12.3. The average Bonchev–Trinajstić information content (AvgIpc) is 2.67. The molecule has 0 saturated heterocycles. The van der Waals surface area contributed by atoms with E-state index in [0.717, 1.165) is 11.1 Å². The van der Waals surface area contributed by atoms with Crippen molar-refractivity contribution >= 4 is 23.4 Å². The smallest absolute Gasteiger partial charge is 0.251 e. The molecule has 7 heteroatoms. The molecule has 142 valence electrons. The van der Waals surface area contributed by atoms with Crippen LogP contribution >= 0.6 is 11.6 Å².